The molecule has 3 aromatic heterocycles. The number of hydrogen-bond acceptors (Lipinski definition) is 6. The average molecular weight is 396 g/mol. The molecule has 0 aliphatic heterocycles. The number of pyridine rings is 2. The van der Waals surface area contributed by atoms with Gasteiger partial charge in [0.1, 0.15) is 0 Å². The molecule has 29 heavy (non-hydrogen) atoms. The molecule has 0 saturated carbocycles. The van der Waals surface area contributed by atoms with Gasteiger partial charge in [0, 0.05) is 37.7 Å². The Bertz CT molecular complexity index is 813. The van der Waals surface area contributed by atoms with E-state index in [1.807, 2.05) is 61.0 Å². The van der Waals surface area contributed by atoms with Crippen molar-refractivity contribution in [2.24, 2.45) is 0 Å². The Morgan fingerprint density at radius 2 is 1.69 bits per heavy atom. The number of aryl methyl sites for hydroxylation is 2. The molecule has 0 radical (unpaired) electrons. The van der Waals surface area contributed by atoms with E-state index in [4.69, 9.17) is 4.74 Å². The third kappa shape index (κ3) is 7.05. The second kappa shape index (κ2) is 10.8. The summed E-state index contributed by atoms with van der Waals surface area (Å²) in [6.45, 7) is 7.24. The van der Waals surface area contributed by atoms with E-state index in [1.165, 1.54) is 0 Å². The van der Waals surface area contributed by atoms with Gasteiger partial charge in [-0.15, -0.1) is 0 Å². The summed E-state index contributed by atoms with van der Waals surface area (Å²) < 4.78 is 7.62. The van der Waals surface area contributed by atoms with Gasteiger partial charge in [0.25, 0.3) is 0 Å². The van der Waals surface area contributed by atoms with Crippen LogP contribution in [-0.2, 0) is 24.4 Å². The smallest absolute Gasteiger partial charge is 0.0900 e. The maximum atomic E-state index is 10.5. The number of aliphatic hydroxyl groups excluding tert-OH is 1. The zero-order valence-electron chi connectivity index (χ0n) is 17.1. The first-order valence-corrected chi connectivity index (χ1v) is 9.89. The first kappa shape index (κ1) is 21.1. The molecule has 3 aromatic rings. The Balaban J connectivity index is 1.49. The summed E-state index contributed by atoms with van der Waals surface area (Å²) in [4.78, 5) is 10.9. The topological polar surface area (TPSA) is 76.3 Å². The molecule has 1 unspecified atom stereocenters. The summed E-state index contributed by atoms with van der Waals surface area (Å²) in [5.41, 5.74) is 4.04. The van der Waals surface area contributed by atoms with Gasteiger partial charge in [-0.25, -0.2) is 0 Å². The highest BCUT2D eigenvalue weighted by Gasteiger charge is 2.14. The van der Waals surface area contributed by atoms with Crippen molar-refractivity contribution in [3.05, 3.63) is 77.6 Å². The molecular weight excluding hydrogens is 366 g/mol. The molecule has 0 saturated heterocycles. The molecule has 0 aromatic carbocycles. The predicted octanol–water partition coefficient (Wildman–Crippen LogP) is 2.37. The fourth-order valence-corrected chi connectivity index (χ4v) is 3.25. The van der Waals surface area contributed by atoms with Crippen LogP contribution in [0.5, 0.6) is 0 Å². The van der Waals surface area contributed by atoms with Crippen molar-refractivity contribution in [3.63, 3.8) is 0 Å². The lowest BCUT2D eigenvalue weighted by Gasteiger charge is -2.24. The highest BCUT2D eigenvalue weighted by Crippen LogP contribution is 2.08. The molecule has 7 nitrogen and oxygen atoms in total. The minimum atomic E-state index is -0.595. The van der Waals surface area contributed by atoms with E-state index in [1.54, 1.807) is 12.4 Å². The van der Waals surface area contributed by atoms with Crippen LogP contribution in [0.4, 0.5) is 0 Å². The maximum absolute atomic E-state index is 10.5. The number of aliphatic hydroxyl groups is 1. The van der Waals surface area contributed by atoms with E-state index in [2.05, 4.69) is 20.0 Å². The Hall–Kier alpha value is -2.61. The van der Waals surface area contributed by atoms with Gasteiger partial charge in [-0.1, -0.05) is 12.1 Å². The standard InChI is InChI=1S/C22H29N5O2/c1-18-13-19(2)27(25-18)11-12-29-17-22(28)16-26(14-20-7-3-5-9-23-20)15-21-8-4-6-10-24-21/h3-10,13,22,28H,11-12,14-17H2,1-2H3. The lowest BCUT2D eigenvalue weighted by Crippen LogP contribution is -2.35. The normalized spacial score (nSPS) is 12.4. The summed E-state index contributed by atoms with van der Waals surface area (Å²) in [6.07, 6.45) is 2.97. The van der Waals surface area contributed by atoms with Crippen molar-refractivity contribution >= 4 is 0 Å². The molecule has 3 heterocycles. The third-order valence-electron chi connectivity index (χ3n) is 4.55. The first-order chi connectivity index (χ1) is 14.1. The van der Waals surface area contributed by atoms with E-state index >= 15 is 0 Å². The molecule has 0 spiro atoms. The van der Waals surface area contributed by atoms with Crippen LogP contribution in [0.15, 0.2) is 54.9 Å². The second-order valence-corrected chi connectivity index (χ2v) is 7.19. The minimum absolute atomic E-state index is 0.278. The van der Waals surface area contributed by atoms with Gasteiger partial charge in [0.15, 0.2) is 0 Å². The van der Waals surface area contributed by atoms with Crippen molar-refractivity contribution in [1.82, 2.24) is 24.6 Å². The van der Waals surface area contributed by atoms with Crippen molar-refractivity contribution in [2.45, 2.75) is 39.6 Å². The summed E-state index contributed by atoms with van der Waals surface area (Å²) in [5.74, 6) is 0. The van der Waals surface area contributed by atoms with E-state index in [-0.39, 0.29) is 6.61 Å². The van der Waals surface area contributed by atoms with Crippen LogP contribution in [0, 0.1) is 13.8 Å². The summed E-state index contributed by atoms with van der Waals surface area (Å²) in [6, 6.07) is 13.8. The van der Waals surface area contributed by atoms with Gasteiger partial charge in [-0.3, -0.25) is 19.5 Å². The van der Waals surface area contributed by atoms with Gasteiger partial charge < -0.3 is 9.84 Å². The molecular formula is C22H29N5O2. The van der Waals surface area contributed by atoms with Gasteiger partial charge in [-0.05, 0) is 44.2 Å². The largest absolute Gasteiger partial charge is 0.389 e. The number of aromatic nitrogens is 4. The van der Waals surface area contributed by atoms with E-state index in [9.17, 15) is 5.11 Å². The van der Waals surface area contributed by atoms with Crippen LogP contribution in [-0.4, -0.2) is 55.6 Å². The number of hydrogen-bond donors (Lipinski definition) is 1. The fourth-order valence-electron chi connectivity index (χ4n) is 3.25. The van der Waals surface area contributed by atoms with Gasteiger partial charge in [-0.2, -0.15) is 5.10 Å². The van der Waals surface area contributed by atoms with Gasteiger partial charge >= 0.3 is 0 Å². The Morgan fingerprint density at radius 1 is 1.03 bits per heavy atom. The quantitative estimate of drug-likeness (QED) is 0.503. The van der Waals surface area contributed by atoms with Gasteiger partial charge in [0.05, 0.1) is 42.9 Å². The number of ether oxygens (including phenoxy) is 1. The lowest BCUT2D eigenvalue weighted by atomic mass is 10.2. The predicted molar refractivity (Wildman–Crippen MR) is 111 cm³/mol. The monoisotopic (exact) mass is 395 g/mol. The molecule has 0 amide bonds. The SMILES string of the molecule is Cc1cc(C)n(CCOCC(O)CN(Cc2ccccn2)Cc2ccccn2)n1. The zero-order valence-corrected chi connectivity index (χ0v) is 17.1. The Kier molecular flexibility index (Phi) is 7.86. The molecule has 0 aliphatic rings. The minimum Gasteiger partial charge on any atom is -0.389 e. The average Bonchev–Trinajstić information content (AvgIpc) is 3.04. The summed E-state index contributed by atoms with van der Waals surface area (Å²) >= 11 is 0. The number of rotatable bonds is 11. The zero-order chi connectivity index (χ0) is 20.5. The molecule has 0 aliphatic carbocycles. The van der Waals surface area contributed by atoms with Crippen molar-refractivity contribution in [1.29, 1.82) is 0 Å². The van der Waals surface area contributed by atoms with E-state index < -0.39 is 6.10 Å². The molecule has 1 atom stereocenters. The van der Waals surface area contributed by atoms with Crippen molar-refractivity contribution in [3.8, 4) is 0 Å². The number of nitrogens with zero attached hydrogens (tertiary/aromatic N) is 5. The van der Waals surface area contributed by atoms with Crippen LogP contribution in [0.2, 0.25) is 0 Å². The molecule has 1 N–H and O–H groups in total. The van der Waals surface area contributed by atoms with E-state index in [0.717, 1.165) is 22.8 Å². The molecule has 7 heteroatoms. The van der Waals surface area contributed by atoms with Crippen molar-refractivity contribution < 1.29 is 9.84 Å². The molecule has 0 bridgehead atoms. The summed E-state index contributed by atoms with van der Waals surface area (Å²) in [5, 5.41) is 14.9. The third-order valence-corrected chi connectivity index (χ3v) is 4.55. The second-order valence-electron chi connectivity index (χ2n) is 7.19. The molecule has 154 valence electrons. The van der Waals surface area contributed by atoms with Crippen LogP contribution < -0.4 is 0 Å². The highest BCUT2D eigenvalue weighted by atomic mass is 16.5. The fraction of sp³-hybridized carbons (Fsp3) is 0.409. The first-order valence-electron chi connectivity index (χ1n) is 9.89. The Labute approximate surface area is 172 Å². The van der Waals surface area contributed by atoms with Crippen molar-refractivity contribution in [2.75, 3.05) is 19.8 Å². The van der Waals surface area contributed by atoms with E-state index in [0.29, 0.717) is 32.8 Å². The van der Waals surface area contributed by atoms with Crippen LogP contribution in [0.3, 0.4) is 0 Å². The Morgan fingerprint density at radius 3 is 2.21 bits per heavy atom. The van der Waals surface area contributed by atoms with Crippen LogP contribution in [0.1, 0.15) is 22.8 Å². The molecule has 3 rings (SSSR count). The van der Waals surface area contributed by atoms with Crippen LogP contribution >= 0.6 is 0 Å². The highest BCUT2D eigenvalue weighted by molar-refractivity contribution is 5.07. The van der Waals surface area contributed by atoms with Gasteiger partial charge in [0.2, 0.25) is 0 Å². The molecule has 0 fully saturated rings. The summed E-state index contributed by atoms with van der Waals surface area (Å²) in [7, 11) is 0. The van der Waals surface area contributed by atoms with Crippen LogP contribution in [0.25, 0.3) is 0 Å². The maximum Gasteiger partial charge on any atom is 0.0900 e. The lowest BCUT2D eigenvalue weighted by molar-refractivity contribution is 0.0102.